The summed E-state index contributed by atoms with van der Waals surface area (Å²) in [6, 6.07) is 20.0. The lowest BCUT2D eigenvalue weighted by Gasteiger charge is -2.20. The Hall–Kier alpha value is -3.79. The van der Waals surface area contributed by atoms with Gasteiger partial charge in [0.1, 0.15) is 17.5 Å². The molecular formula is C25H27N5O2. The first kappa shape index (κ1) is 21.4. The zero-order valence-corrected chi connectivity index (χ0v) is 18.4. The summed E-state index contributed by atoms with van der Waals surface area (Å²) in [6.45, 7) is 1.29. The molecule has 1 N–H and O–H groups in total. The Morgan fingerprint density at radius 1 is 1.00 bits per heavy atom. The Morgan fingerprint density at radius 2 is 1.62 bits per heavy atom. The molecule has 7 nitrogen and oxygen atoms in total. The summed E-state index contributed by atoms with van der Waals surface area (Å²) in [7, 11) is 3.69. The van der Waals surface area contributed by atoms with Gasteiger partial charge in [0, 0.05) is 51.8 Å². The Kier molecular flexibility index (Phi) is 6.13. The lowest BCUT2D eigenvalue weighted by Crippen LogP contribution is -2.32. The Bertz CT molecular complexity index is 1060. The zero-order chi connectivity index (χ0) is 22.7. The molecule has 1 saturated heterocycles. The molecule has 2 aromatic rings. The number of carbonyl (C=O) groups is 2. The van der Waals surface area contributed by atoms with Crippen molar-refractivity contribution in [3.8, 4) is 6.07 Å². The number of nitrogens with one attached hydrogen (secondary N) is 1. The van der Waals surface area contributed by atoms with Gasteiger partial charge in [-0.05, 0) is 30.7 Å². The highest BCUT2D eigenvalue weighted by molar-refractivity contribution is 6.03. The third-order valence-corrected chi connectivity index (χ3v) is 6.11. The molecule has 0 bridgehead atoms. The second-order valence-corrected chi connectivity index (χ2v) is 8.18. The summed E-state index contributed by atoms with van der Waals surface area (Å²) >= 11 is 0. The molecule has 2 aliphatic heterocycles. The van der Waals surface area contributed by atoms with Crippen molar-refractivity contribution < 1.29 is 9.59 Å². The number of amides is 1. The molecule has 0 saturated carbocycles. The molecule has 2 aromatic carbocycles. The summed E-state index contributed by atoms with van der Waals surface area (Å²) in [5.41, 5.74) is 3.01. The number of allylic oxidation sites excluding steroid dienone is 1. The van der Waals surface area contributed by atoms with Crippen molar-refractivity contribution in [1.29, 1.82) is 5.26 Å². The molecule has 2 aliphatic rings. The van der Waals surface area contributed by atoms with Gasteiger partial charge < -0.3 is 20.0 Å². The number of carbonyl (C=O) groups excluding carboxylic acids is 2. The molecule has 4 rings (SSSR count). The Morgan fingerprint density at radius 3 is 2.25 bits per heavy atom. The van der Waals surface area contributed by atoms with E-state index in [0.717, 1.165) is 23.5 Å². The molecule has 7 heteroatoms. The molecule has 0 aromatic heterocycles. The van der Waals surface area contributed by atoms with Crippen molar-refractivity contribution in [1.82, 2.24) is 4.90 Å². The van der Waals surface area contributed by atoms with Gasteiger partial charge in [-0.3, -0.25) is 9.59 Å². The highest BCUT2D eigenvalue weighted by Gasteiger charge is 2.32. The van der Waals surface area contributed by atoms with Crippen LogP contribution in [0, 0.1) is 11.3 Å². The van der Waals surface area contributed by atoms with Gasteiger partial charge in [0.2, 0.25) is 5.91 Å². The largest absolute Gasteiger partial charge is 0.380 e. The third kappa shape index (κ3) is 4.17. The topological polar surface area (TPSA) is 79.7 Å². The number of hydrogen-bond donors (Lipinski definition) is 1. The fraction of sp³-hybridized carbons (Fsp3) is 0.320. The molecule has 1 atom stereocenters. The molecule has 0 aliphatic carbocycles. The van der Waals surface area contributed by atoms with Crippen molar-refractivity contribution in [3.63, 3.8) is 0 Å². The number of nitriles is 1. The smallest absolute Gasteiger partial charge is 0.223 e. The number of rotatable bonds is 6. The highest BCUT2D eigenvalue weighted by atomic mass is 16.2. The minimum absolute atomic E-state index is 0.0243. The molecule has 1 amide bonds. The predicted octanol–water partition coefficient (Wildman–Crippen LogP) is 3.37. The molecule has 2 heterocycles. The molecule has 0 radical (unpaired) electrons. The van der Waals surface area contributed by atoms with Crippen molar-refractivity contribution in [2.75, 3.05) is 42.3 Å². The van der Waals surface area contributed by atoms with Gasteiger partial charge in [0.25, 0.3) is 0 Å². The highest BCUT2D eigenvalue weighted by Crippen LogP contribution is 2.40. The molecule has 1 unspecified atom stereocenters. The maximum atomic E-state index is 12.9. The van der Waals surface area contributed by atoms with E-state index < -0.39 is 0 Å². The van der Waals surface area contributed by atoms with Crippen LogP contribution >= 0.6 is 0 Å². The Labute approximate surface area is 188 Å². The van der Waals surface area contributed by atoms with Gasteiger partial charge >= 0.3 is 0 Å². The predicted molar refractivity (Wildman–Crippen MR) is 125 cm³/mol. The first-order valence-electron chi connectivity index (χ1n) is 10.8. The number of ketones is 1. The fourth-order valence-corrected chi connectivity index (χ4v) is 4.44. The van der Waals surface area contributed by atoms with E-state index in [4.69, 9.17) is 0 Å². The van der Waals surface area contributed by atoms with Crippen LogP contribution in [-0.4, -0.2) is 49.8 Å². The summed E-state index contributed by atoms with van der Waals surface area (Å²) in [4.78, 5) is 31.1. The van der Waals surface area contributed by atoms with Crippen LogP contribution in [-0.2, 0) is 9.59 Å². The quantitative estimate of drug-likeness (QED) is 0.560. The van der Waals surface area contributed by atoms with E-state index in [1.807, 2.05) is 78.5 Å². The number of hydrogen-bond acceptors (Lipinski definition) is 6. The number of likely N-dealkylation sites (tertiary alicyclic amines) is 1. The van der Waals surface area contributed by atoms with Crippen molar-refractivity contribution in [2.24, 2.45) is 0 Å². The summed E-state index contributed by atoms with van der Waals surface area (Å²) in [5.74, 6) is 0.203. The van der Waals surface area contributed by atoms with E-state index in [2.05, 4.69) is 11.4 Å². The normalized spacial score (nSPS) is 17.2. The average Bonchev–Trinajstić information content (AvgIpc) is 3.38. The monoisotopic (exact) mass is 429 g/mol. The van der Waals surface area contributed by atoms with Crippen molar-refractivity contribution >= 4 is 28.8 Å². The van der Waals surface area contributed by atoms with Gasteiger partial charge in [-0.2, -0.15) is 5.26 Å². The SMILES string of the molecule is CN1C(=C(C#N)C(=O)CCC(=O)N2CCC(Nc3ccccc3)C2)N(C)c2ccccc21. The van der Waals surface area contributed by atoms with Crippen LogP contribution in [0.4, 0.5) is 17.1 Å². The molecule has 164 valence electrons. The van der Waals surface area contributed by atoms with Crippen LogP contribution in [0.25, 0.3) is 0 Å². The maximum absolute atomic E-state index is 12.9. The molecule has 0 spiro atoms. The van der Waals surface area contributed by atoms with Gasteiger partial charge in [0.05, 0.1) is 11.4 Å². The van der Waals surface area contributed by atoms with Crippen LogP contribution < -0.4 is 15.1 Å². The van der Waals surface area contributed by atoms with E-state index in [-0.39, 0.29) is 36.1 Å². The first-order chi connectivity index (χ1) is 15.5. The molecular weight excluding hydrogens is 402 g/mol. The van der Waals surface area contributed by atoms with Gasteiger partial charge in [0.15, 0.2) is 5.78 Å². The van der Waals surface area contributed by atoms with Gasteiger partial charge in [-0.15, -0.1) is 0 Å². The van der Waals surface area contributed by atoms with Crippen molar-refractivity contribution in [2.45, 2.75) is 25.3 Å². The standard InChI is InChI=1S/C25H27N5O2/c1-28-21-10-6-7-11-22(21)29(2)25(28)20(16-26)23(31)12-13-24(32)30-15-14-19(17-30)27-18-8-4-3-5-9-18/h3-11,19,27H,12-15,17H2,1-2H3. The fourth-order valence-electron chi connectivity index (χ4n) is 4.44. The molecule has 32 heavy (non-hydrogen) atoms. The van der Waals surface area contributed by atoms with E-state index in [9.17, 15) is 14.9 Å². The maximum Gasteiger partial charge on any atom is 0.223 e. The van der Waals surface area contributed by atoms with E-state index in [1.54, 1.807) is 4.90 Å². The number of nitrogens with zero attached hydrogens (tertiary/aromatic N) is 4. The van der Waals surface area contributed by atoms with E-state index >= 15 is 0 Å². The number of para-hydroxylation sites is 3. The lowest BCUT2D eigenvalue weighted by molar-refractivity contribution is -0.131. The summed E-state index contributed by atoms with van der Waals surface area (Å²) in [5, 5.41) is 13.2. The first-order valence-corrected chi connectivity index (χ1v) is 10.8. The number of benzene rings is 2. The average molecular weight is 430 g/mol. The van der Waals surface area contributed by atoms with Crippen molar-refractivity contribution in [3.05, 3.63) is 66.0 Å². The van der Waals surface area contributed by atoms with E-state index in [1.165, 1.54) is 0 Å². The number of fused-ring (bicyclic) bond motifs is 1. The van der Waals surface area contributed by atoms with Crippen LogP contribution in [0.3, 0.4) is 0 Å². The molecule has 1 fully saturated rings. The Balaban J connectivity index is 1.36. The number of anilines is 3. The summed E-state index contributed by atoms with van der Waals surface area (Å²) < 4.78 is 0. The second-order valence-electron chi connectivity index (χ2n) is 8.18. The number of Topliss-reactive ketones (excluding diaryl/α,β-unsaturated/α-hetero) is 1. The van der Waals surface area contributed by atoms with Crippen LogP contribution in [0.15, 0.2) is 66.0 Å². The van der Waals surface area contributed by atoms with Crippen LogP contribution in [0.2, 0.25) is 0 Å². The second kappa shape index (κ2) is 9.15. The zero-order valence-electron chi connectivity index (χ0n) is 18.4. The van der Waals surface area contributed by atoms with E-state index in [0.29, 0.717) is 18.9 Å². The third-order valence-electron chi connectivity index (χ3n) is 6.11. The lowest BCUT2D eigenvalue weighted by atomic mass is 10.1. The van der Waals surface area contributed by atoms with Crippen LogP contribution in [0.1, 0.15) is 19.3 Å². The van der Waals surface area contributed by atoms with Gasteiger partial charge in [-0.1, -0.05) is 30.3 Å². The minimum Gasteiger partial charge on any atom is -0.380 e. The van der Waals surface area contributed by atoms with Gasteiger partial charge in [-0.25, -0.2) is 0 Å². The summed E-state index contributed by atoms with van der Waals surface area (Å²) in [6.07, 6.45) is 1.00. The minimum atomic E-state index is -0.305. The van der Waals surface area contributed by atoms with Crippen LogP contribution in [0.5, 0.6) is 0 Å².